The Kier molecular flexibility index (Phi) is 5.65. The zero-order chi connectivity index (χ0) is 21.4. The maximum absolute atomic E-state index is 11.9. The average Bonchev–Trinajstić information content (AvgIpc) is 2.89. The molecular formula is C17H18ClN3O6S2. The molecule has 1 aliphatic rings. The van der Waals surface area contributed by atoms with Gasteiger partial charge < -0.3 is 5.11 Å². The van der Waals surface area contributed by atoms with Gasteiger partial charge in [0.15, 0.2) is 0 Å². The van der Waals surface area contributed by atoms with Crippen molar-refractivity contribution in [2.45, 2.75) is 13.3 Å². The summed E-state index contributed by atoms with van der Waals surface area (Å²) in [5.74, 6) is -1.12. The van der Waals surface area contributed by atoms with Gasteiger partial charge >= 0.3 is 10.2 Å². The van der Waals surface area contributed by atoms with Gasteiger partial charge in [0.05, 0.1) is 17.1 Å². The summed E-state index contributed by atoms with van der Waals surface area (Å²) in [4.78, 5) is 11.4. The smallest absolute Gasteiger partial charge is 0.326 e. The number of sulfonamides is 1. The Hall–Kier alpha value is -2.50. The number of phenols is 1. The maximum atomic E-state index is 11.9. The van der Waals surface area contributed by atoms with Crippen LogP contribution in [0.25, 0.3) is 0 Å². The maximum Gasteiger partial charge on any atom is 0.326 e. The minimum absolute atomic E-state index is 0.0369. The average molecular weight is 460 g/mol. The molecule has 1 amide bonds. The second-order valence-electron chi connectivity index (χ2n) is 6.34. The summed E-state index contributed by atoms with van der Waals surface area (Å²) >= 11 is 6.04. The molecule has 2 aromatic carbocycles. The van der Waals surface area contributed by atoms with E-state index in [0.29, 0.717) is 21.8 Å². The summed E-state index contributed by atoms with van der Waals surface area (Å²) in [6, 6.07) is 9.02. The summed E-state index contributed by atoms with van der Waals surface area (Å²) in [5.41, 5.74) is 1.48. The van der Waals surface area contributed by atoms with E-state index in [9.17, 15) is 26.7 Å². The highest BCUT2D eigenvalue weighted by Crippen LogP contribution is 2.33. The third-order valence-corrected chi connectivity index (χ3v) is 7.15. The zero-order valence-electron chi connectivity index (χ0n) is 15.2. The van der Waals surface area contributed by atoms with Crippen molar-refractivity contribution in [1.29, 1.82) is 0 Å². The number of benzene rings is 2. The molecule has 0 atom stereocenters. The van der Waals surface area contributed by atoms with Crippen LogP contribution in [0.5, 0.6) is 5.75 Å². The van der Waals surface area contributed by atoms with Gasteiger partial charge in [0.1, 0.15) is 12.3 Å². The number of hydrogen-bond donors (Lipinski definition) is 3. The normalized spacial score (nSPS) is 15.9. The van der Waals surface area contributed by atoms with Crippen LogP contribution in [-0.4, -0.2) is 40.1 Å². The van der Waals surface area contributed by atoms with Crippen LogP contribution in [0.1, 0.15) is 18.1 Å². The van der Waals surface area contributed by atoms with Crippen LogP contribution < -0.4 is 13.7 Å². The Balaban J connectivity index is 1.91. The van der Waals surface area contributed by atoms with Gasteiger partial charge in [-0.25, -0.2) is 17.4 Å². The number of rotatable bonds is 6. The summed E-state index contributed by atoms with van der Waals surface area (Å²) in [7, 11) is -7.54. The predicted octanol–water partition coefficient (Wildman–Crippen LogP) is 1.58. The van der Waals surface area contributed by atoms with Crippen LogP contribution >= 0.6 is 11.6 Å². The van der Waals surface area contributed by atoms with Crippen LogP contribution in [-0.2, 0) is 31.4 Å². The van der Waals surface area contributed by atoms with E-state index in [-0.39, 0.29) is 23.6 Å². The molecule has 9 nitrogen and oxygen atoms in total. The quantitative estimate of drug-likeness (QED) is 0.600. The number of nitrogens with zero attached hydrogens (tertiary/aromatic N) is 1. The molecule has 0 saturated carbocycles. The minimum Gasteiger partial charge on any atom is -0.506 e. The molecule has 1 saturated heterocycles. The number of aromatic hydroxyl groups is 1. The molecule has 0 bridgehead atoms. The highest BCUT2D eigenvalue weighted by Gasteiger charge is 2.35. The Bertz CT molecular complexity index is 1180. The molecule has 0 aromatic heterocycles. The van der Waals surface area contributed by atoms with Crippen molar-refractivity contribution in [3.05, 3.63) is 52.5 Å². The van der Waals surface area contributed by atoms with E-state index in [1.54, 1.807) is 24.3 Å². The van der Waals surface area contributed by atoms with E-state index in [1.807, 2.05) is 4.72 Å². The first kappa shape index (κ1) is 21.2. The number of nitrogens with one attached hydrogen (secondary N) is 2. The van der Waals surface area contributed by atoms with Crippen molar-refractivity contribution in [2.24, 2.45) is 0 Å². The first-order chi connectivity index (χ1) is 13.5. The summed E-state index contributed by atoms with van der Waals surface area (Å²) in [6.07, 6.45) is 0.222. The molecule has 3 N–H and O–H groups in total. The molecule has 2 aromatic rings. The number of halogens is 1. The lowest BCUT2D eigenvalue weighted by atomic mass is 10.0. The van der Waals surface area contributed by atoms with Crippen molar-refractivity contribution in [1.82, 2.24) is 4.72 Å². The Morgan fingerprint density at radius 3 is 2.55 bits per heavy atom. The highest BCUT2D eigenvalue weighted by atomic mass is 35.5. The molecule has 29 heavy (non-hydrogen) atoms. The van der Waals surface area contributed by atoms with E-state index in [4.69, 9.17) is 11.6 Å². The van der Waals surface area contributed by atoms with E-state index in [2.05, 4.69) is 4.72 Å². The summed E-state index contributed by atoms with van der Waals surface area (Å²) in [6.45, 7) is 1.09. The van der Waals surface area contributed by atoms with Gasteiger partial charge in [-0.2, -0.15) is 8.42 Å². The monoisotopic (exact) mass is 459 g/mol. The molecule has 0 spiro atoms. The van der Waals surface area contributed by atoms with E-state index >= 15 is 0 Å². The van der Waals surface area contributed by atoms with Crippen LogP contribution in [0.15, 0.2) is 36.4 Å². The van der Waals surface area contributed by atoms with Crippen molar-refractivity contribution >= 4 is 49.1 Å². The highest BCUT2D eigenvalue weighted by molar-refractivity contribution is 7.92. The third kappa shape index (κ3) is 4.74. The lowest BCUT2D eigenvalue weighted by Crippen LogP contribution is -2.29. The van der Waals surface area contributed by atoms with Gasteiger partial charge in [0.25, 0.3) is 5.91 Å². The number of phenolic OH excluding ortho intramolecular Hbond substituents is 1. The standard InChI is InChI=1S/C17H18ClN3O6S2/c1-2-28(24,25)19-14-5-4-13(18)9-12(14)7-11-3-6-15(16(22)8-11)21-10-17(23)20-29(21,26)27/h3-6,8-9,19,22H,2,7,10H2,1H3,(H,20,23). The topological polar surface area (TPSA) is 133 Å². The van der Waals surface area contributed by atoms with Crippen LogP contribution in [0.4, 0.5) is 11.4 Å². The molecular weight excluding hydrogens is 442 g/mol. The number of carbonyl (C=O) groups is 1. The second kappa shape index (κ2) is 7.73. The first-order valence-corrected chi connectivity index (χ1v) is 11.9. The largest absolute Gasteiger partial charge is 0.506 e. The number of hydrogen-bond acceptors (Lipinski definition) is 6. The third-order valence-electron chi connectivity index (χ3n) is 4.24. The van der Waals surface area contributed by atoms with Gasteiger partial charge in [0, 0.05) is 5.02 Å². The van der Waals surface area contributed by atoms with Crippen molar-refractivity contribution in [3.8, 4) is 5.75 Å². The van der Waals surface area contributed by atoms with E-state index in [0.717, 1.165) is 4.31 Å². The summed E-state index contributed by atoms with van der Waals surface area (Å²) in [5, 5.41) is 10.7. The lowest BCUT2D eigenvalue weighted by molar-refractivity contribution is -0.117. The lowest BCUT2D eigenvalue weighted by Gasteiger charge is -2.17. The molecule has 0 radical (unpaired) electrons. The van der Waals surface area contributed by atoms with Crippen molar-refractivity contribution in [2.75, 3.05) is 21.3 Å². The van der Waals surface area contributed by atoms with Crippen LogP contribution in [0.2, 0.25) is 5.02 Å². The molecule has 3 rings (SSSR count). The molecule has 1 heterocycles. The van der Waals surface area contributed by atoms with Crippen LogP contribution in [0, 0.1) is 0 Å². The Morgan fingerprint density at radius 1 is 1.24 bits per heavy atom. The van der Waals surface area contributed by atoms with Gasteiger partial charge in [-0.1, -0.05) is 17.7 Å². The molecule has 0 aliphatic carbocycles. The van der Waals surface area contributed by atoms with Crippen molar-refractivity contribution in [3.63, 3.8) is 0 Å². The molecule has 12 heteroatoms. The van der Waals surface area contributed by atoms with E-state index in [1.165, 1.54) is 19.1 Å². The molecule has 0 unspecified atom stereocenters. The van der Waals surface area contributed by atoms with Crippen molar-refractivity contribution < 1.29 is 26.7 Å². The molecule has 1 aliphatic heterocycles. The van der Waals surface area contributed by atoms with Gasteiger partial charge in [-0.15, -0.1) is 0 Å². The number of anilines is 2. The van der Waals surface area contributed by atoms with Gasteiger partial charge in [0.2, 0.25) is 10.0 Å². The predicted molar refractivity (Wildman–Crippen MR) is 110 cm³/mol. The molecule has 156 valence electrons. The molecule has 1 fully saturated rings. The second-order valence-corrected chi connectivity index (χ2v) is 10.4. The summed E-state index contributed by atoms with van der Waals surface area (Å²) < 4.78 is 52.8. The van der Waals surface area contributed by atoms with Gasteiger partial charge in [-0.3, -0.25) is 9.52 Å². The fourth-order valence-corrected chi connectivity index (χ4v) is 4.86. The van der Waals surface area contributed by atoms with Gasteiger partial charge in [-0.05, 0) is 54.8 Å². The number of amides is 1. The first-order valence-electron chi connectivity index (χ1n) is 8.45. The van der Waals surface area contributed by atoms with Crippen LogP contribution in [0.3, 0.4) is 0 Å². The zero-order valence-corrected chi connectivity index (χ0v) is 17.6. The minimum atomic E-state index is -4.04. The fraction of sp³-hybridized carbons (Fsp3) is 0.235. The Labute approximate surface area is 173 Å². The SMILES string of the molecule is CCS(=O)(=O)Nc1ccc(Cl)cc1Cc1ccc(N2CC(=O)NS2(=O)=O)c(O)c1. The van der Waals surface area contributed by atoms with E-state index < -0.39 is 32.7 Å². The number of carbonyl (C=O) groups excluding carboxylic acids is 1. The fourth-order valence-electron chi connectivity index (χ4n) is 2.82. The Morgan fingerprint density at radius 2 is 1.97 bits per heavy atom.